The van der Waals surface area contributed by atoms with Crippen LogP contribution in [0.15, 0.2) is 42.5 Å². The Labute approximate surface area is 196 Å². The van der Waals surface area contributed by atoms with Gasteiger partial charge in [0.05, 0.1) is 0 Å². The standard InChI is InChI=1S/C29H42NO2/c1-9-13-21-14-17-23(18-15-21)30-27(31)25(10-2)32-26-19-16-22(28(5,6)11-3)20-24(26)29(7,8)12-4/h14-20,25H,1,9-13H2,2-8H3,(H,30,31). The van der Waals surface area contributed by atoms with E-state index in [0.717, 1.165) is 37.1 Å². The monoisotopic (exact) mass is 436 g/mol. The third-order valence-corrected chi connectivity index (χ3v) is 6.88. The van der Waals surface area contributed by atoms with Crippen molar-refractivity contribution >= 4 is 11.6 Å². The second kappa shape index (κ2) is 11.0. The molecule has 0 aliphatic carbocycles. The first kappa shape index (κ1) is 26.0. The zero-order chi connectivity index (χ0) is 23.9. The summed E-state index contributed by atoms with van der Waals surface area (Å²) in [6.07, 6.45) is 3.90. The van der Waals surface area contributed by atoms with Crippen LogP contribution in [0.2, 0.25) is 0 Å². The van der Waals surface area contributed by atoms with Crippen molar-refractivity contribution < 1.29 is 9.53 Å². The minimum absolute atomic E-state index is 0.0477. The molecule has 2 rings (SSSR count). The summed E-state index contributed by atoms with van der Waals surface area (Å²) in [6.45, 7) is 19.3. The molecular formula is C29H42NO2. The molecule has 2 aromatic rings. The van der Waals surface area contributed by atoms with Crippen LogP contribution < -0.4 is 10.1 Å². The predicted molar refractivity (Wildman–Crippen MR) is 137 cm³/mol. The van der Waals surface area contributed by atoms with Crippen molar-refractivity contribution in [1.82, 2.24) is 0 Å². The Morgan fingerprint density at radius 3 is 2.12 bits per heavy atom. The van der Waals surface area contributed by atoms with E-state index in [2.05, 4.69) is 72.0 Å². The second-order valence-corrected chi connectivity index (χ2v) is 9.99. The number of carbonyl (C=O) groups excluding carboxylic acids is 1. The number of rotatable bonds is 11. The minimum Gasteiger partial charge on any atom is -0.480 e. The number of benzene rings is 2. The molecule has 1 amide bonds. The zero-order valence-electron chi connectivity index (χ0n) is 21.2. The SMILES string of the molecule is [CH2]CCc1ccc(NC(=O)C(CC)Oc2ccc(C(C)(C)CC)cc2C(C)(C)CC)cc1. The largest absolute Gasteiger partial charge is 0.480 e. The first-order valence-corrected chi connectivity index (χ1v) is 12.1. The molecular weight excluding hydrogens is 394 g/mol. The van der Waals surface area contributed by atoms with Crippen LogP contribution in [0, 0.1) is 6.92 Å². The number of anilines is 1. The Hall–Kier alpha value is -2.29. The van der Waals surface area contributed by atoms with Crippen LogP contribution in [0.4, 0.5) is 5.69 Å². The highest BCUT2D eigenvalue weighted by Gasteiger charge is 2.28. The van der Waals surface area contributed by atoms with Crippen molar-refractivity contribution in [3.05, 3.63) is 66.1 Å². The lowest BCUT2D eigenvalue weighted by atomic mass is 9.76. The molecule has 0 aromatic heterocycles. The highest BCUT2D eigenvalue weighted by atomic mass is 16.5. The zero-order valence-corrected chi connectivity index (χ0v) is 21.2. The van der Waals surface area contributed by atoms with Crippen LogP contribution >= 0.6 is 0 Å². The molecule has 0 heterocycles. The van der Waals surface area contributed by atoms with E-state index in [-0.39, 0.29) is 16.7 Å². The quantitative estimate of drug-likeness (QED) is 0.393. The Balaban J connectivity index is 2.28. The van der Waals surface area contributed by atoms with E-state index in [9.17, 15) is 4.79 Å². The van der Waals surface area contributed by atoms with Crippen molar-refractivity contribution in [2.24, 2.45) is 0 Å². The number of hydrogen-bond acceptors (Lipinski definition) is 2. The van der Waals surface area contributed by atoms with E-state index in [0.29, 0.717) is 6.42 Å². The van der Waals surface area contributed by atoms with E-state index < -0.39 is 6.10 Å². The molecule has 1 unspecified atom stereocenters. The van der Waals surface area contributed by atoms with E-state index in [4.69, 9.17) is 4.74 Å². The van der Waals surface area contributed by atoms with Gasteiger partial charge in [0.1, 0.15) is 5.75 Å². The third-order valence-electron chi connectivity index (χ3n) is 6.88. The maximum absolute atomic E-state index is 13.0. The van der Waals surface area contributed by atoms with Gasteiger partial charge >= 0.3 is 0 Å². The molecule has 0 aliphatic heterocycles. The third kappa shape index (κ3) is 6.37. The van der Waals surface area contributed by atoms with Gasteiger partial charge in [0.15, 0.2) is 6.10 Å². The topological polar surface area (TPSA) is 38.3 Å². The molecule has 0 saturated heterocycles. The smallest absolute Gasteiger partial charge is 0.265 e. The van der Waals surface area contributed by atoms with Gasteiger partial charge in [0, 0.05) is 11.3 Å². The first-order valence-electron chi connectivity index (χ1n) is 12.1. The molecule has 0 aliphatic rings. The Kier molecular flexibility index (Phi) is 8.95. The maximum Gasteiger partial charge on any atom is 0.265 e. The molecule has 0 fully saturated rings. The van der Waals surface area contributed by atoms with E-state index in [1.807, 2.05) is 31.2 Å². The van der Waals surface area contributed by atoms with Crippen molar-refractivity contribution in [2.45, 2.75) is 97.5 Å². The fraction of sp³-hybridized carbons (Fsp3) is 0.517. The van der Waals surface area contributed by atoms with Crippen LogP contribution in [-0.4, -0.2) is 12.0 Å². The van der Waals surface area contributed by atoms with Crippen molar-refractivity contribution in [2.75, 3.05) is 5.32 Å². The van der Waals surface area contributed by atoms with Gasteiger partial charge in [-0.3, -0.25) is 4.79 Å². The Bertz CT molecular complexity index is 881. The summed E-state index contributed by atoms with van der Waals surface area (Å²) in [4.78, 5) is 13.0. The Morgan fingerprint density at radius 2 is 1.59 bits per heavy atom. The normalized spacial score (nSPS) is 13.0. The fourth-order valence-electron chi connectivity index (χ4n) is 3.63. The van der Waals surface area contributed by atoms with E-state index in [1.165, 1.54) is 16.7 Å². The van der Waals surface area contributed by atoms with Gasteiger partial charge < -0.3 is 10.1 Å². The number of hydrogen-bond donors (Lipinski definition) is 1. The lowest BCUT2D eigenvalue weighted by Gasteiger charge is -2.31. The summed E-state index contributed by atoms with van der Waals surface area (Å²) in [5.74, 6) is 0.691. The van der Waals surface area contributed by atoms with Crippen LogP contribution in [0.25, 0.3) is 0 Å². The van der Waals surface area contributed by atoms with Crippen LogP contribution in [-0.2, 0) is 22.0 Å². The van der Waals surface area contributed by atoms with Crippen molar-refractivity contribution in [3.8, 4) is 5.75 Å². The van der Waals surface area contributed by atoms with Gasteiger partial charge in [-0.1, -0.05) is 79.7 Å². The molecule has 0 bridgehead atoms. The van der Waals surface area contributed by atoms with Gasteiger partial charge in [-0.15, -0.1) is 0 Å². The maximum atomic E-state index is 13.0. The molecule has 1 radical (unpaired) electrons. The summed E-state index contributed by atoms with van der Waals surface area (Å²) in [7, 11) is 0. The van der Waals surface area contributed by atoms with Gasteiger partial charge in [-0.25, -0.2) is 0 Å². The Morgan fingerprint density at radius 1 is 0.969 bits per heavy atom. The highest BCUT2D eigenvalue weighted by Crippen LogP contribution is 2.39. The average Bonchev–Trinajstić information content (AvgIpc) is 2.78. The summed E-state index contributed by atoms with van der Waals surface area (Å²) >= 11 is 0. The first-order chi connectivity index (χ1) is 15.1. The van der Waals surface area contributed by atoms with Gasteiger partial charge in [0.2, 0.25) is 0 Å². The second-order valence-electron chi connectivity index (χ2n) is 9.99. The molecule has 0 saturated carbocycles. The van der Waals surface area contributed by atoms with Crippen LogP contribution in [0.5, 0.6) is 5.75 Å². The lowest BCUT2D eigenvalue weighted by Crippen LogP contribution is -2.33. The van der Waals surface area contributed by atoms with Gasteiger partial charge in [-0.05, 0) is 72.3 Å². The number of carbonyl (C=O) groups is 1. The number of ether oxygens (including phenoxy) is 1. The molecule has 175 valence electrons. The molecule has 2 aromatic carbocycles. The summed E-state index contributed by atoms with van der Waals surface area (Å²) in [6, 6.07) is 14.5. The van der Waals surface area contributed by atoms with Crippen molar-refractivity contribution in [1.29, 1.82) is 0 Å². The molecule has 1 N–H and O–H groups in total. The van der Waals surface area contributed by atoms with E-state index >= 15 is 0 Å². The summed E-state index contributed by atoms with van der Waals surface area (Å²) in [5.41, 5.74) is 4.54. The van der Waals surface area contributed by atoms with Gasteiger partial charge in [-0.2, -0.15) is 0 Å². The van der Waals surface area contributed by atoms with Crippen molar-refractivity contribution in [3.63, 3.8) is 0 Å². The predicted octanol–water partition coefficient (Wildman–Crippen LogP) is 7.62. The average molecular weight is 437 g/mol. The summed E-state index contributed by atoms with van der Waals surface area (Å²) in [5, 5.41) is 3.02. The van der Waals surface area contributed by atoms with Crippen LogP contribution in [0.3, 0.4) is 0 Å². The van der Waals surface area contributed by atoms with Gasteiger partial charge in [0.25, 0.3) is 5.91 Å². The highest BCUT2D eigenvalue weighted by molar-refractivity contribution is 5.94. The summed E-state index contributed by atoms with van der Waals surface area (Å²) < 4.78 is 6.36. The number of amides is 1. The van der Waals surface area contributed by atoms with Crippen LogP contribution in [0.1, 0.15) is 90.8 Å². The molecule has 3 heteroatoms. The van der Waals surface area contributed by atoms with E-state index in [1.54, 1.807) is 0 Å². The molecule has 0 spiro atoms. The molecule has 32 heavy (non-hydrogen) atoms. The minimum atomic E-state index is -0.550. The molecule has 1 atom stereocenters. The number of nitrogens with one attached hydrogen (secondary N) is 1. The fourth-order valence-corrected chi connectivity index (χ4v) is 3.63. The lowest BCUT2D eigenvalue weighted by molar-refractivity contribution is -0.122. The molecule has 3 nitrogen and oxygen atoms in total. The number of aryl methyl sites for hydroxylation is 1.